The Hall–Kier alpha value is -1.82. The molecule has 0 radical (unpaired) electrons. The number of ether oxygens (including phenoxy) is 2. The summed E-state index contributed by atoms with van der Waals surface area (Å²) < 4.78 is 9.35. The molecular weight excluding hydrogens is 238 g/mol. The fourth-order valence-electron chi connectivity index (χ4n) is 1.15. The van der Waals surface area contributed by atoms with Crippen molar-refractivity contribution in [1.82, 2.24) is 0 Å². The zero-order valence-corrected chi connectivity index (χ0v) is 9.28. The van der Waals surface area contributed by atoms with E-state index in [9.17, 15) is 14.9 Å². The van der Waals surface area contributed by atoms with Crippen molar-refractivity contribution in [3.63, 3.8) is 0 Å². The highest BCUT2D eigenvalue weighted by Crippen LogP contribution is 2.33. The van der Waals surface area contributed by atoms with Gasteiger partial charge in [-0.05, 0) is 0 Å². The highest BCUT2D eigenvalue weighted by Gasteiger charge is 2.21. The van der Waals surface area contributed by atoms with Gasteiger partial charge < -0.3 is 9.47 Å². The molecule has 6 nitrogen and oxygen atoms in total. The molecule has 1 aromatic rings. The largest absolute Gasteiger partial charge is 0.494 e. The van der Waals surface area contributed by atoms with Gasteiger partial charge in [-0.3, -0.25) is 10.1 Å². The number of hydrogen-bond donors (Lipinski definition) is 0. The number of nitro groups is 1. The summed E-state index contributed by atoms with van der Waals surface area (Å²) in [5, 5.41) is 10.6. The zero-order valence-electron chi connectivity index (χ0n) is 8.52. The van der Waals surface area contributed by atoms with Crippen molar-refractivity contribution < 1.29 is 19.2 Å². The summed E-state index contributed by atoms with van der Waals surface area (Å²) >= 11 is 5.74. The van der Waals surface area contributed by atoms with Crippen LogP contribution in [0, 0.1) is 10.1 Å². The molecule has 0 aliphatic heterocycles. The number of esters is 1. The van der Waals surface area contributed by atoms with Crippen LogP contribution >= 0.6 is 11.6 Å². The molecule has 0 saturated carbocycles. The van der Waals surface area contributed by atoms with Gasteiger partial charge >= 0.3 is 5.97 Å². The number of nitrogens with zero attached hydrogens (tertiary/aromatic N) is 1. The Morgan fingerprint density at radius 2 is 2.06 bits per heavy atom. The van der Waals surface area contributed by atoms with Crippen molar-refractivity contribution in [2.75, 3.05) is 14.2 Å². The first kappa shape index (κ1) is 12.3. The molecule has 0 fully saturated rings. The molecular formula is C9H8ClNO5. The molecule has 0 N–H and O–H groups in total. The molecule has 7 heteroatoms. The minimum absolute atomic E-state index is 0.0166. The Morgan fingerprint density at radius 1 is 1.44 bits per heavy atom. The van der Waals surface area contributed by atoms with Crippen LogP contribution in [0.5, 0.6) is 5.75 Å². The Balaban J connectivity index is 3.42. The molecule has 0 unspecified atom stereocenters. The maximum absolute atomic E-state index is 11.3. The van der Waals surface area contributed by atoms with Gasteiger partial charge in [-0.25, -0.2) is 4.79 Å². The second-order valence-electron chi connectivity index (χ2n) is 2.76. The van der Waals surface area contributed by atoms with E-state index in [-0.39, 0.29) is 22.0 Å². The molecule has 1 aromatic carbocycles. The highest BCUT2D eigenvalue weighted by atomic mass is 35.5. The quantitative estimate of drug-likeness (QED) is 0.463. The summed E-state index contributed by atoms with van der Waals surface area (Å²) in [5.74, 6) is -0.693. The Morgan fingerprint density at radius 3 is 2.50 bits per heavy atom. The maximum Gasteiger partial charge on any atom is 0.341 e. The lowest BCUT2D eigenvalue weighted by Crippen LogP contribution is -2.05. The fourth-order valence-corrected chi connectivity index (χ4v) is 1.44. The SMILES string of the molecule is COC(=O)c1cc([N+](=O)[O-])cc(Cl)c1OC. The van der Waals surface area contributed by atoms with E-state index < -0.39 is 10.9 Å². The molecule has 0 aliphatic carbocycles. The van der Waals surface area contributed by atoms with Crippen molar-refractivity contribution >= 4 is 23.3 Å². The van der Waals surface area contributed by atoms with Gasteiger partial charge in [-0.15, -0.1) is 0 Å². The van der Waals surface area contributed by atoms with Crippen LogP contribution in [0.4, 0.5) is 5.69 Å². The smallest absolute Gasteiger partial charge is 0.341 e. The monoisotopic (exact) mass is 245 g/mol. The molecule has 1 rings (SSSR count). The second kappa shape index (κ2) is 4.80. The van der Waals surface area contributed by atoms with Gasteiger partial charge in [0.25, 0.3) is 5.69 Å². The van der Waals surface area contributed by atoms with Crippen LogP contribution in [-0.2, 0) is 4.74 Å². The van der Waals surface area contributed by atoms with Crippen LogP contribution in [0.15, 0.2) is 12.1 Å². The molecule has 0 aromatic heterocycles. The lowest BCUT2D eigenvalue weighted by Gasteiger charge is -2.08. The van der Waals surface area contributed by atoms with E-state index in [0.29, 0.717) is 0 Å². The predicted octanol–water partition coefficient (Wildman–Crippen LogP) is 2.04. The van der Waals surface area contributed by atoms with Crippen molar-refractivity contribution in [3.05, 3.63) is 32.8 Å². The first-order valence-electron chi connectivity index (χ1n) is 4.11. The topological polar surface area (TPSA) is 78.7 Å². The van der Waals surface area contributed by atoms with E-state index in [0.717, 1.165) is 19.2 Å². The van der Waals surface area contributed by atoms with Crippen LogP contribution < -0.4 is 4.74 Å². The van der Waals surface area contributed by atoms with E-state index in [1.165, 1.54) is 7.11 Å². The number of rotatable bonds is 3. The van der Waals surface area contributed by atoms with Crippen LogP contribution in [-0.4, -0.2) is 25.1 Å². The second-order valence-corrected chi connectivity index (χ2v) is 3.16. The Labute approximate surface area is 95.9 Å². The van der Waals surface area contributed by atoms with Gasteiger partial charge in [-0.2, -0.15) is 0 Å². The highest BCUT2D eigenvalue weighted by molar-refractivity contribution is 6.33. The predicted molar refractivity (Wildman–Crippen MR) is 56.0 cm³/mol. The van der Waals surface area contributed by atoms with Gasteiger partial charge in [-0.1, -0.05) is 11.6 Å². The summed E-state index contributed by atoms with van der Waals surface area (Å²) in [6.45, 7) is 0. The summed E-state index contributed by atoms with van der Waals surface area (Å²) in [6, 6.07) is 2.16. The molecule has 0 heterocycles. The van der Waals surface area contributed by atoms with E-state index >= 15 is 0 Å². The molecule has 0 atom stereocenters. The third-order valence-corrected chi connectivity index (χ3v) is 2.13. The first-order chi connectivity index (χ1) is 7.51. The number of non-ortho nitro benzene ring substituents is 1. The van der Waals surface area contributed by atoms with Gasteiger partial charge in [0.05, 0.1) is 24.2 Å². The third kappa shape index (κ3) is 2.22. The summed E-state index contributed by atoms with van der Waals surface area (Å²) in [6.07, 6.45) is 0. The van der Waals surface area contributed by atoms with E-state index in [4.69, 9.17) is 16.3 Å². The summed E-state index contributed by atoms with van der Waals surface area (Å²) in [7, 11) is 2.47. The van der Waals surface area contributed by atoms with Crippen LogP contribution in [0.3, 0.4) is 0 Å². The number of carbonyl (C=O) groups excluding carboxylic acids is 1. The summed E-state index contributed by atoms with van der Waals surface area (Å²) in [5.41, 5.74) is -0.379. The van der Waals surface area contributed by atoms with Gasteiger partial charge in [0.1, 0.15) is 5.56 Å². The molecule has 0 saturated heterocycles. The molecule has 0 spiro atoms. The lowest BCUT2D eigenvalue weighted by atomic mass is 10.2. The van der Waals surface area contributed by atoms with Crippen molar-refractivity contribution in [2.24, 2.45) is 0 Å². The number of halogens is 1. The van der Waals surface area contributed by atoms with Gasteiger partial charge in [0.15, 0.2) is 5.75 Å². The third-order valence-electron chi connectivity index (χ3n) is 1.85. The van der Waals surface area contributed by atoms with Crippen molar-refractivity contribution in [3.8, 4) is 5.75 Å². The number of benzene rings is 1. The maximum atomic E-state index is 11.3. The standard InChI is InChI=1S/C9H8ClNO5/c1-15-8-6(9(12)16-2)3-5(11(13)14)4-7(8)10/h3-4H,1-2H3. The lowest BCUT2D eigenvalue weighted by molar-refractivity contribution is -0.384. The minimum atomic E-state index is -0.748. The van der Waals surface area contributed by atoms with E-state index in [1.807, 2.05) is 0 Å². The molecule has 0 amide bonds. The number of hydrogen-bond acceptors (Lipinski definition) is 5. The Kier molecular flexibility index (Phi) is 3.68. The van der Waals surface area contributed by atoms with Crippen LogP contribution in [0.1, 0.15) is 10.4 Å². The average molecular weight is 246 g/mol. The number of carbonyl (C=O) groups is 1. The molecule has 0 bridgehead atoms. The Bertz CT molecular complexity index is 446. The normalized spacial score (nSPS) is 9.69. The molecule has 16 heavy (non-hydrogen) atoms. The van der Waals surface area contributed by atoms with Crippen molar-refractivity contribution in [2.45, 2.75) is 0 Å². The zero-order chi connectivity index (χ0) is 12.3. The number of nitro benzene ring substituents is 1. The van der Waals surface area contributed by atoms with Crippen LogP contribution in [0.2, 0.25) is 5.02 Å². The van der Waals surface area contributed by atoms with Crippen LogP contribution in [0.25, 0.3) is 0 Å². The minimum Gasteiger partial charge on any atom is -0.494 e. The molecule has 86 valence electrons. The van der Waals surface area contributed by atoms with Gasteiger partial charge in [0.2, 0.25) is 0 Å². The molecule has 0 aliphatic rings. The average Bonchev–Trinajstić information content (AvgIpc) is 2.26. The van der Waals surface area contributed by atoms with Gasteiger partial charge in [0, 0.05) is 12.1 Å². The summed E-state index contributed by atoms with van der Waals surface area (Å²) in [4.78, 5) is 21.3. The van der Waals surface area contributed by atoms with E-state index in [2.05, 4.69) is 4.74 Å². The first-order valence-corrected chi connectivity index (χ1v) is 4.49. The van der Waals surface area contributed by atoms with Crippen molar-refractivity contribution in [1.29, 1.82) is 0 Å². The van der Waals surface area contributed by atoms with E-state index in [1.54, 1.807) is 0 Å². The fraction of sp³-hybridized carbons (Fsp3) is 0.222. The number of methoxy groups -OCH3 is 2.